The Balaban J connectivity index is 2.11. The third kappa shape index (κ3) is 3.92. The highest BCUT2D eigenvalue weighted by Crippen LogP contribution is 2.10. The quantitative estimate of drug-likeness (QED) is 0.782. The minimum atomic E-state index is -0.582. The second kappa shape index (κ2) is 6.54. The molecule has 2 rings (SSSR count). The number of rotatable bonds is 5. The Morgan fingerprint density at radius 3 is 2.76 bits per heavy atom. The summed E-state index contributed by atoms with van der Waals surface area (Å²) in [5, 5.41) is 13.7. The van der Waals surface area contributed by atoms with E-state index in [1.54, 1.807) is 24.3 Å². The summed E-state index contributed by atoms with van der Waals surface area (Å²) in [6.07, 6.45) is 0.0373. The van der Waals surface area contributed by atoms with Crippen LogP contribution in [0, 0.1) is 5.92 Å². The summed E-state index contributed by atoms with van der Waals surface area (Å²) < 4.78 is 0. The summed E-state index contributed by atoms with van der Waals surface area (Å²) in [6.45, 7) is 4.18. The zero-order chi connectivity index (χ0) is 15.4. The topological polar surface area (TPSA) is 82.2 Å². The molecule has 1 unspecified atom stereocenters. The minimum Gasteiger partial charge on any atom is -0.391 e. The standard InChI is InChI=1S/C16H20N2O3/c1-10(2)7-12(19)9-17-16(21)14-8-11-5-3-4-6-13(11)15(20)18-14/h3-6,8,10,12,19H,7,9H2,1-2H3,(H,17,21)(H,18,20). The lowest BCUT2D eigenvalue weighted by Crippen LogP contribution is -2.34. The van der Waals surface area contributed by atoms with E-state index in [4.69, 9.17) is 0 Å². The van der Waals surface area contributed by atoms with Crippen LogP contribution in [0.25, 0.3) is 10.8 Å². The van der Waals surface area contributed by atoms with Gasteiger partial charge in [0.05, 0.1) is 6.10 Å². The number of fused-ring (bicyclic) bond motifs is 1. The number of carbonyl (C=O) groups excluding carboxylic acids is 1. The minimum absolute atomic E-state index is 0.172. The van der Waals surface area contributed by atoms with Crippen molar-refractivity contribution < 1.29 is 9.90 Å². The first-order chi connectivity index (χ1) is 9.97. The Kier molecular flexibility index (Phi) is 4.75. The lowest BCUT2D eigenvalue weighted by molar-refractivity contribution is 0.0895. The van der Waals surface area contributed by atoms with Crippen LogP contribution in [0.5, 0.6) is 0 Å². The molecule has 2 aromatic rings. The van der Waals surface area contributed by atoms with Crippen molar-refractivity contribution >= 4 is 16.7 Å². The van der Waals surface area contributed by atoms with Gasteiger partial charge in [0.1, 0.15) is 5.69 Å². The first kappa shape index (κ1) is 15.3. The number of nitrogens with one attached hydrogen (secondary N) is 2. The molecule has 1 aromatic heterocycles. The van der Waals surface area contributed by atoms with Crippen molar-refractivity contribution in [2.24, 2.45) is 5.92 Å². The predicted molar refractivity (Wildman–Crippen MR) is 82.4 cm³/mol. The first-order valence-corrected chi connectivity index (χ1v) is 7.05. The van der Waals surface area contributed by atoms with Crippen molar-refractivity contribution in [3.05, 3.63) is 46.4 Å². The third-order valence-electron chi connectivity index (χ3n) is 3.24. The van der Waals surface area contributed by atoms with Crippen molar-refractivity contribution in [3.63, 3.8) is 0 Å². The Morgan fingerprint density at radius 1 is 1.33 bits per heavy atom. The number of aliphatic hydroxyl groups excluding tert-OH is 1. The van der Waals surface area contributed by atoms with E-state index in [1.165, 1.54) is 0 Å². The van der Waals surface area contributed by atoms with Crippen LogP contribution < -0.4 is 10.9 Å². The van der Waals surface area contributed by atoms with Crippen LogP contribution in [0.3, 0.4) is 0 Å². The summed E-state index contributed by atoms with van der Waals surface area (Å²) >= 11 is 0. The number of amides is 1. The number of hydrogen-bond donors (Lipinski definition) is 3. The van der Waals surface area contributed by atoms with Crippen LogP contribution >= 0.6 is 0 Å². The van der Waals surface area contributed by atoms with Crippen LogP contribution in [0.1, 0.15) is 30.8 Å². The number of aromatic amines is 1. The summed E-state index contributed by atoms with van der Waals surface area (Å²) in [4.78, 5) is 26.5. The van der Waals surface area contributed by atoms with Gasteiger partial charge < -0.3 is 15.4 Å². The molecule has 0 saturated heterocycles. The fraction of sp³-hybridized carbons (Fsp3) is 0.375. The largest absolute Gasteiger partial charge is 0.391 e. The second-order valence-corrected chi connectivity index (χ2v) is 5.59. The average molecular weight is 288 g/mol. The van der Waals surface area contributed by atoms with Crippen LogP contribution in [-0.2, 0) is 0 Å². The smallest absolute Gasteiger partial charge is 0.267 e. The summed E-state index contributed by atoms with van der Waals surface area (Å²) in [5.74, 6) is -0.0296. The Morgan fingerprint density at radius 2 is 2.05 bits per heavy atom. The molecule has 0 spiro atoms. The molecule has 1 heterocycles. The highest BCUT2D eigenvalue weighted by Gasteiger charge is 2.12. The number of pyridine rings is 1. The molecule has 0 saturated carbocycles. The molecule has 0 aliphatic heterocycles. The molecule has 5 nitrogen and oxygen atoms in total. The lowest BCUT2D eigenvalue weighted by Gasteiger charge is -2.13. The zero-order valence-electron chi connectivity index (χ0n) is 12.2. The van der Waals surface area contributed by atoms with Crippen molar-refractivity contribution in [2.45, 2.75) is 26.4 Å². The molecule has 112 valence electrons. The molecule has 3 N–H and O–H groups in total. The molecule has 0 fully saturated rings. The lowest BCUT2D eigenvalue weighted by atomic mass is 10.1. The fourth-order valence-electron chi connectivity index (χ4n) is 2.27. The highest BCUT2D eigenvalue weighted by atomic mass is 16.3. The van der Waals surface area contributed by atoms with Gasteiger partial charge in [-0.2, -0.15) is 0 Å². The van der Waals surface area contributed by atoms with E-state index >= 15 is 0 Å². The first-order valence-electron chi connectivity index (χ1n) is 7.05. The molecule has 5 heteroatoms. The van der Waals surface area contributed by atoms with E-state index in [2.05, 4.69) is 10.3 Å². The third-order valence-corrected chi connectivity index (χ3v) is 3.24. The molecule has 0 bridgehead atoms. The Bertz CT molecular complexity index is 691. The van der Waals surface area contributed by atoms with E-state index in [1.807, 2.05) is 19.9 Å². The van der Waals surface area contributed by atoms with Crippen molar-refractivity contribution in [1.82, 2.24) is 10.3 Å². The average Bonchev–Trinajstić information content (AvgIpc) is 2.44. The van der Waals surface area contributed by atoms with Crippen LogP contribution in [0.15, 0.2) is 35.1 Å². The van der Waals surface area contributed by atoms with Gasteiger partial charge in [-0.3, -0.25) is 9.59 Å². The molecular weight excluding hydrogens is 268 g/mol. The van der Waals surface area contributed by atoms with E-state index in [-0.39, 0.29) is 23.7 Å². The maximum Gasteiger partial charge on any atom is 0.267 e. The van der Waals surface area contributed by atoms with Crippen LogP contribution in [-0.4, -0.2) is 28.6 Å². The maximum atomic E-state index is 12.0. The van der Waals surface area contributed by atoms with E-state index in [9.17, 15) is 14.7 Å². The van der Waals surface area contributed by atoms with Gasteiger partial charge in [-0.25, -0.2) is 0 Å². The van der Waals surface area contributed by atoms with Gasteiger partial charge in [-0.15, -0.1) is 0 Å². The van der Waals surface area contributed by atoms with Crippen LogP contribution in [0.2, 0.25) is 0 Å². The molecule has 0 radical (unpaired) electrons. The van der Waals surface area contributed by atoms with E-state index < -0.39 is 6.10 Å². The maximum absolute atomic E-state index is 12.0. The Labute approximate surface area is 123 Å². The molecule has 0 aliphatic carbocycles. The molecule has 1 amide bonds. The Hall–Kier alpha value is -2.14. The SMILES string of the molecule is CC(C)CC(O)CNC(=O)c1cc2ccccc2c(=O)[nH]1. The summed E-state index contributed by atoms with van der Waals surface area (Å²) in [6, 6.07) is 8.73. The number of aromatic nitrogens is 1. The van der Waals surface area contributed by atoms with Gasteiger partial charge in [0.2, 0.25) is 0 Å². The van der Waals surface area contributed by atoms with Crippen molar-refractivity contribution in [3.8, 4) is 0 Å². The van der Waals surface area contributed by atoms with Gasteiger partial charge in [0.15, 0.2) is 0 Å². The van der Waals surface area contributed by atoms with E-state index in [0.29, 0.717) is 23.1 Å². The predicted octanol–water partition coefficient (Wildman–Crippen LogP) is 1.66. The highest BCUT2D eigenvalue weighted by molar-refractivity contribution is 5.96. The number of H-pyrrole nitrogens is 1. The second-order valence-electron chi connectivity index (χ2n) is 5.59. The van der Waals surface area contributed by atoms with Gasteiger partial charge in [0.25, 0.3) is 11.5 Å². The summed E-state index contributed by atoms with van der Waals surface area (Å²) in [7, 11) is 0. The van der Waals surface area contributed by atoms with Gasteiger partial charge in [-0.1, -0.05) is 32.0 Å². The molecule has 21 heavy (non-hydrogen) atoms. The molecule has 1 atom stereocenters. The monoisotopic (exact) mass is 288 g/mol. The van der Waals surface area contributed by atoms with Gasteiger partial charge in [0, 0.05) is 11.9 Å². The molecule has 1 aromatic carbocycles. The molecular formula is C16H20N2O3. The van der Waals surface area contributed by atoms with Crippen molar-refractivity contribution in [2.75, 3.05) is 6.54 Å². The number of hydrogen-bond acceptors (Lipinski definition) is 3. The van der Waals surface area contributed by atoms with E-state index in [0.717, 1.165) is 0 Å². The fourth-order valence-corrected chi connectivity index (χ4v) is 2.27. The van der Waals surface area contributed by atoms with Gasteiger partial charge >= 0.3 is 0 Å². The number of benzene rings is 1. The van der Waals surface area contributed by atoms with Crippen LogP contribution in [0.4, 0.5) is 0 Å². The number of aliphatic hydroxyl groups is 1. The normalized spacial score (nSPS) is 12.6. The number of carbonyl (C=O) groups is 1. The summed E-state index contributed by atoms with van der Waals surface area (Å²) in [5.41, 5.74) is -0.0866. The van der Waals surface area contributed by atoms with Crippen molar-refractivity contribution in [1.29, 1.82) is 0 Å². The molecule has 0 aliphatic rings. The zero-order valence-corrected chi connectivity index (χ0v) is 12.2. The van der Waals surface area contributed by atoms with Gasteiger partial charge in [-0.05, 0) is 29.9 Å².